The Morgan fingerprint density at radius 3 is 2.47 bits per heavy atom. The number of carbonyl (C=O) groups is 2. The topological polar surface area (TPSA) is 82.4 Å². The van der Waals surface area contributed by atoms with E-state index >= 15 is 0 Å². The average Bonchev–Trinajstić information content (AvgIpc) is 3.58. The van der Waals surface area contributed by atoms with Gasteiger partial charge in [-0.25, -0.2) is 0 Å². The van der Waals surface area contributed by atoms with Gasteiger partial charge in [0.2, 0.25) is 11.8 Å². The average molecular weight is 405 g/mol. The minimum absolute atomic E-state index is 0.0743. The Balaban J connectivity index is 1.54. The smallest absolute Gasteiger partial charge is 0.227 e. The third-order valence-electron chi connectivity index (χ3n) is 5.54. The zero-order valence-corrected chi connectivity index (χ0v) is 17.3. The molecule has 0 spiro atoms. The summed E-state index contributed by atoms with van der Waals surface area (Å²) in [5.41, 5.74) is 1.79. The molecule has 6 heteroatoms. The second kappa shape index (κ2) is 9.93. The van der Waals surface area contributed by atoms with Gasteiger partial charge in [0.1, 0.15) is 5.75 Å². The summed E-state index contributed by atoms with van der Waals surface area (Å²) in [6.07, 6.45) is 2.48. The second-order valence-corrected chi connectivity index (χ2v) is 7.55. The molecular formula is C24H27N3O3. The molecule has 0 radical (unpaired) electrons. The fourth-order valence-corrected chi connectivity index (χ4v) is 3.65. The van der Waals surface area contributed by atoms with Crippen molar-refractivity contribution in [2.45, 2.75) is 37.5 Å². The van der Waals surface area contributed by atoms with E-state index in [1.165, 1.54) is 0 Å². The Labute approximate surface area is 177 Å². The summed E-state index contributed by atoms with van der Waals surface area (Å²) < 4.78 is 5.47. The van der Waals surface area contributed by atoms with Gasteiger partial charge in [0.15, 0.2) is 0 Å². The normalized spacial score (nSPS) is 13.7. The number of carbonyl (C=O) groups excluding carboxylic acids is 2. The molecule has 1 aliphatic carbocycles. The van der Waals surface area contributed by atoms with Gasteiger partial charge in [0.25, 0.3) is 0 Å². The summed E-state index contributed by atoms with van der Waals surface area (Å²) in [5.74, 6) is 0.547. The summed E-state index contributed by atoms with van der Waals surface area (Å²) in [4.78, 5) is 26.7. The van der Waals surface area contributed by atoms with Crippen LogP contribution in [0.3, 0.4) is 0 Å². The van der Waals surface area contributed by atoms with Gasteiger partial charge in [-0.05, 0) is 31.0 Å². The fraction of sp³-hybridized carbons (Fsp3) is 0.375. The molecule has 0 aromatic heterocycles. The van der Waals surface area contributed by atoms with Crippen LogP contribution >= 0.6 is 0 Å². The molecule has 30 heavy (non-hydrogen) atoms. The summed E-state index contributed by atoms with van der Waals surface area (Å²) in [5, 5.41) is 11.9. The van der Waals surface area contributed by atoms with Gasteiger partial charge in [0, 0.05) is 42.6 Å². The minimum atomic E-state index is -0.155. The van der Waals surface area contributed by atoms with Crippen molar-refractivity contribution < 1.29 is 14.3 Å². The van der Waals surface area contributed by atoms with Crippen molar-refractivity contribution in [3.63, 3.8) is 0 Å². The number of nitrogens with one attached hydrogen (secondary N) is 1. The molecule has 6 nitrogen and oxygen atoms in total. The second-order valence-electron chi connectivity index (χ2n) is 7.55. The number of para-hydroxylation sites is 2. The van der Waals surface area contributed by atoms with Crippen molar-refractivity contribution >= 4 is 17.5 Å². The summed E-state index contributed by atoms with van der Waals surface area (Å²) in [6, 6.07) is 19.2. The predicted octanol–water partition coefficient (Wildman–Crippen LogP) is 3.57. The number of methoxy groups -OCH3 is 1. The SMILES string of the molecule is COc1ccccc1C1(CNC(=O)CCC(=O)N(CCC#N)c2ccccc2)CC1. The molecule has 0 heterocycles. The molecule has 3 rings (SSSR count). The van der Waals surface area contributed by atoms with E-state index in [4.69, 9.17) is 10.00 Å². The lowest BCUT2D eigenvalue weighted by atomic mass is 9.95. The van der Waals surface area contributed by atoms with E-state index in [2.05, 4.69) is 17.5 Å². The lowest BCUT2D eigenvalue weighted by molar-refractivity contribution is -0.125. The van der Waals surface area contributed by atoms with E-state index in [9.17, 15) is 9.59 Å². The van der Waals surface area contributed by atoms with Crippen LogP contribution in [-0.2, 0) is 15.0 Å². The molecule has 1 aliphatic rings. The first-order valence-corrected chi connectivity index (χ1v) is 10.2. The van der Waals surface area contributed by atoms with Crippen molar-refractivity contribution in [3.8, 4) is 11.8 Å². The van der Waals surface area contributed by atoms with Gasteiger partial charge in [-0.15, -0.1) is 0 Å². The number of hydrogen-bond donors (Lipinski definition) is 1. The number of amides is 2. The highest BCUT2D eigenvalue weighted by atomic mass is 16.5. The maximum atomic E-state index is 12.7. The van der Waals surface area contributed by atoms with E-state index in [0.717, 1.165) is 29.8 Å². The van der Waals surface area contributed by atoms with Crippen LogP contribution in [0, 0.1) is 11.3 Å². The van der Waals surface area contributed by atoms with Gasteiger partial charge >= 0.3 is 0 Å². The lowest BCUT2D eigenvalue weighted by Crippen LogP contribution is -2.35. The van der Waals surface area contributed by atoms with Crippen LogP contribution in [0.25, 0.3) is 0 Å². The van der Waals surface area contributed by atoms with Crippen LogP contribution in [0.2, 0.25) is 0 Å². The molecule has 2 amide bonds. The number of anilines is 1. The molecule has 156 valence electrons. The zero-order chi connectivity index (χ0) is 21.4. The first-order valence-electron chi connectivity index (χ1n) is 10.2. The number of nitriles is 1. The predicted molar refractivity (Wildman–Crippen MR) is 115 cm³/mol. The van der Waals surface area contributed by atoms with Crippen molar-refractivity contribution in [1.82, 2.24) is 5.32 Å². The largest absolute Gasteiger partial charge is 0.496 e. The van der Waals surface area contributed by atoms with Gasteiger partial charge < -0.3 is 15.0 Å². The molecule has 0 atom stereocenters. The van der Waals surface area contributed by atoms with Crippen molar-refractivity contribution in [2.75, 3.05) is 25.1 Å². The Morgan fingerprint density at radius 2 is 1.80 bits per heavy atom. The van der Waals surface area contributed by atoms with Gasteiger partial charge in [-0.2, -0.15) is 5.26 Å². The van der Waals surface area contributed by atoms with Gasteiger partial charge in [-0.1, -0.05) is 36.4 Å². The quantitative estimate of drug-likeness (QED) is 0.655. The molecule has 2 aromatic rings. The highest BCUT2D eigenvalue weighted by molar-refractivity contribution is 5.95. The van der Waals surface area contributed by atoms with E-state index in [1.807, 2.05) is 48.5 Å². The molecule has 1 fully saturated rings. The Hall–Kier alpha value is -3.33. The highest BCUT2D eigenvalue weighted by Crippen LogP contribution is 2.50. The van der Waals surface area contributed by atoms with E-state index < -0.39 is 0 Å². The van der Waals surface area contributed by atoms with Gasteiger partial charge in [0.05, 0.1) is 19.6 Å². The zero-order valence-electron chi connectivity index (χ0n) is 17.3. The molecule has 1 saturated carbocycles. The highest BCUT2D eigenvalue weighted by Gasteiger charge is 2.46. The summed E-state index contributed by atoms with van der Waals surface area (Å²) >= 11 is 0. The minimum Gasteiger partial charge on any atom is -0.496 e. The number of ether oxygens (including phenoxy) is 1. The van der Waals surface area contributed by atoms with Crippen LogP contribution in [0.4, 0.5) is 5.69 Å². The van der Waals surface area contributed by atoms with Gasteiger partial charge in [-0.3, -0.25) is 9.59 Å². The first-order chi connectivity index (χ1) is 14.6. The molecule has 0 unspecified atom stereocenters. The standard InChI is InChI=1S/C24H27N3O3/c1-30-21-11-6-5-10-20(21)24(14-15-24)18-26-22(28)12-13-23(29)27(17-7-16-25)19-8-3-2-4-9-19/h2-6,8-11H,7,12-15,17-18H2,1H3,(H,26,28). The fourth-order valence-electron chi connectivity index (χ4n) is 3.65. The van der Waals surface area contributed by atoms with Crippen LogP contribution in [0.5, 0.6) is 5.75 Å². The number of nitrogens with zero attached hydrogens (tertiary/aromatic N) is 2. The Bertz CT molecular complexity index is 917. The first kappa shape index (κ1) is 21.4. The third kappa shape index (κ3) is 5.18. The summed E-state index contributed by atoms with van der Waals surface area (Å²) in [7, 11) is 1.66. The maximum Gasteiger partial charge on any atom is 0.227 e. The molecule has 1 N–H and O–H groups in total. The maximum absolute atomic E-state index is 12.7. The molecular weight excluding hydrogens is 378 g/mol. The van der Waals surface area contributed by atoms with Crippen LogP contribution < -0.4 is 15.0 Å². The third-order valence-corrected chi connectivity index (χ3v) is 5.54. The molecule has 0 saturated heterocycles. The van der Waals surface area contributed by atoms with Crippen LogP contribution in [0.15, 0.2) is 54.6 Å². The lowest BCUT2D eigenvalue weighted by Gasteiger charge is -2.22. The van der Waals surface area contributed by atoms with Crippen molar-refractivity contribution in [3.05, 3.63) is 60.2 Å². The van der Waals surface area contributed by atoms with E-state index in [1.54, 1.807) is 12.0 Å². The Kier molecular flexibility index (Phi) is 7.08. The van der Waals surface area contributed by atoms with Crippen LogP contribution in [0.1, 0.15) is 37.7 Å². The molecule has 2 aromatic carbocycles. The molecule has 0 bridgehead atoms. The van der Waals surface area contributed by atoms with E-state index in [0.29, 0.717) is 13.1 Å². The number of rotatable bonds is 10. The van der Waals surface area contributed by atoms with Crippen molar-refractivity contribution in [1.29, 1.82) is 5.26 Å². The van der Waals surface area contributed by atoms with Crippen molar-refractivity contribution in [2.24, 2.45) is 0 Å². The summed E-state index contributed by atoms with van der Waals surface area (Å²) in [6.45, 7) is 0.856. The van der Waals surface area contributed by atoms with Crippen LogP contribution in [-0.4, -0.2) is 32.0 Å². The number of benzene rings is 2. The monoisotopic (exact) mass is 405 g/mol. The Morgan fingerprint density at radius 1 is 1.10 bits per heavy atom. The number of hydrogen-bond acceptors (Lipinski definition) is 4. The molecule has 0 aliphatic heterocycles. The van der Waals surface area contributed by atoms with E-state index in [-0.39, 0.29) is 36.5 Å².